The molecule has 2 aromatic rings. The molecule has 0 unspecified atom stereocenters. The van der Waals surface area contributed by atoms with Crippen molar-refractivity contribution in [3.63, 3.8) is 0 Å². The Morgan fingerprint density at radius 3 is 2.35 bits per heavy atom. The number of hydrogen-bond acceptors (Lipinski definition) is 2. The number of alkyl halides is 3. The summed E-state index contributed by atoms with van der Waals surface area (Å²) in [4.78, 5) is 6.70. The summed E-state index contributed by atoms with van der Waals surface area (Å²) in [6, 6.07) is 3.15. The molecule has 0 saturated heterocycles. The van der Waals surface area contributed by atoms with Crippen molar-refractivity contribution < 1.29 is 13.2 Å². The van der Waals surface area contributed by atoms with Crippen LogP contribution in [0.15, 0.2) is 21.1 Å². The summed E-state index contributed by atoms with van der Waals surface area (Å²) in [6.45, 7) is 0. The lowest BCUT2D eigenvalue weighted by Crippen LogP contribution is -2.11. The Balaban J connectivity index is 2.83. The minimum absolute atomic E-state index is 0.125. The molecule has 0 amide bonds. The smallest absolute Gasteiger partial charge is 0.223 e. The highest BCUT2D eigenvalue weighted by Gasteiger charge is 2.35. The predicted molar refractivity (Wildman–Crippen MR) is 65.0 cm³/mol. The molecule has 17 heavy (non-hydrogen) atoms. The molecule has 0 spiro atoms. The molecule has 1 aromatic heterocycles. The van der Waals surface area contributed by atoms with E-state index in [1.807, 2.05) is 0 Å². The van der Waals surface area contributed by atoms with Gasteiger partial charge >= 0.3 is 6.18 Å². The normalized spacial score (nSPS) is 12.1. The molecule has 8 heteroatoms. The maximum Gasteiger partial charge on any atom is 0.451 e. The standard InChI is InChI=1S/C9H2Br2ClF3N2/c10-3-1-4-6(5(11)2-3)16-8(9(13,14)15)17-7(4)12/h1-2H. The molecule has 0 aliphatic carbocycles. The first-order chi connectivity index (χ1) is 7.79. The molecule has 0 bridgehead atoms. The van der Waals surface area contributed by atoms with Gasteiger partial charge in [0.1, 0.15) is 5.15 Å². The summed E-state index contributed by atoms with van der Waals surface area (Å²) < 4.78 is 38.6. The maximum absolute atomic E-state index is 12.5. The Hall–Kier alpha value is -0.400. The van der Waals surface area contributed by atoms with E-state index in [2.05, 4.69) is 41.8 Å². The second-order valence-electron chi connectivity index (χ2n) is 3.12. The van der Waals surface area contributed by atoms with Gasteiger partial charge in [0.15, 0.2) is 0 Å². The van der Waals surface area contributed by atoms with Crippen LogP contribution >= 0.6 is 43.5 Å². The van der Waals surface area contributed by atoms with Crippen LogP contribution in [0.4, 0.5) is 13.2 Å². The van der Waals surface area contributed by atoms with Crippen LogP contribution < -0.4 is 0 Å². The molecule has 2 nitrogen and oxygen atoms in total. The van der Waals surface area contributed by atoms with Crippen molar-refractivity contribution >= 4 is 54.4 Å². The van der Waals surface area contributed by atoms with E-state index in [1.165, 1.54) is 0 Å². The van der Waals surface area contributed by atoms with Crippen molar-refractivity contribution in [1.29, 1.82) is 0 Å². The number of fused-ring (bicyclic) bond motifs is 1. The van der Waals surface area contributed by atoms with Gasteiger partial charge in [0.2, 0.25) is 5.82 Å². The largest absolute Gasteiger partial charge is 0.451 e. The molecule has 2 rings (SSSR count). The summed E-state index contributed by atoms with van der Waals surface area (Å²) in [5, 5.41) is 0.116. The highest BCUT2D eigenvalue weighted by Crippen LogP contribution is 2.34. The molecule has 1 heterocycles. The summed E-state index contributed by atoms with van der Waals surface area (Å²) in [7, 11) is 0. The average molecular weight is 390 g/mol. The molecule has 0 N–H and O–H groups in total. The van der Waals surface area contributed by atoms with Crippen LogP contribution in [0.5, 0.6) is 0 Å². The van der Waals surface area contributed by atoms with Crippen LogP contribution in [0.2, 0.25) is 5.15 Å². The Morgan fingerprint density at radius 1 is 1.12 bits per heavy atom. The minimum Gasteiger partial charge on any atom is -0.223 e. The van der Waals surface area contributed by atoms with Crippen LogP contribution in [-0.2, 0) is 6.18 Å². The Morgan fingerprint density at radius 2 is 1.76 bits per heavy atom. The zero-order valence-electron chi connectivity index (χ0n) is 7.82. The Labute approximate surface area is 115 Å². The highest BCUT2D eigenvalue weighted by molar-refractivity contribution is 9.11. The predicted octanol–water partition coefficient (Wildman–Crippen LogP) is 4.83. The molecule has 0 radical (unpaired) electrons. The number of aromatic nitrogens is 2. The summed E-state index contributed by atoms with van der Waals surface area (Å²) >= 11 is 12.1. The third kappa shape index (κ3) is 2.56. The molecule has 90 valence electrons. The lowest BCUT2D eigenvalue weighted by atomic mass is 10.2. The number of nitrogens with zero attached hydrogens (tertiary/aromatic N) is 2. The molecular weight excluding hydrogens is 388 g/mol. The molecule has 0 atom stereocenters. The van der Waals surface area contributed by atoms with Gasteiger partial charge in [-0.15, -0.1) is 0 Å². The Kier molecular flexibility index (Phi) is 3.35. The number of rotatable bonds is 0. The van der Waals surface area contributed by atoms with Crippen molar-refractivity contribution in [2.45, 2.75) is 6.18 Å². The summed E-state index contributed by atoms with van der Waals surface area (Å²) in [5.74, 6) is -1.25. The lowest BCUT2D eigenvalue weighted by Gasteiger charge is -2.08. The van der Waals surface area contributed by atoms with Gasteiger partial charge in [0.05, 0.1) is 5.52 Å². The van der Waals surface area contributed by atoms with Crippen molar-refractivity contribution in [2.24, 2.45) is 0 Å². The van der Waals surface area contributed by atoms with Gasteiger partial charge in [-0.2, -0.15) is 13.2 Å². The van der Waals surface area contributed by atoms with Crippen LogP contribution in [0.1, 0.15) is 5.82 Å². The van der Waals surface area contributed by atoms with E-state index in [4.69, 9.17) is 11.6 Å². The van der Waals surface area contributed by atoms with E-state index >= 15 is 0 Å². The van der Waals surface area contributed by atoms with Gasteiger partial charge < -0.3 is 0 Å². The van der Waals surface area contributed by atoms with Crippen molar-refractivity contribution in [2.75, 3.05) is 0 Å². The first kappa shape index (κ1) is 13.0. The first-order valence-electron chi connectivity index (χ1n) is 4.18. The van der Waals surface area contributed by atoms with Crippen LogP contribution in [0.25, 0.3) is 10.9 Å². The third-order valence-electron chi connectivity index (χ3n) is 1.93. The van der Waals surface area contributed by atoms with Gasteiger partial charge in [-0.3, -0.25) is 0 Å². The van der Waals surface area contributed by atoms with E-state index in [1.54, 1.807) is 12.1 Å². The van der Waals surface area contributed by atoms with Crippen LogP contribution in [-0.4, -0.2) is 9.97 Å². The van der Waals surface area contributed by atoms with Crippen molar-refractivity contribution in [3.8, 4) is 0 Å². The number of benzene rings is 1. The summed E-state index contributed by atoms with van der Waals surface area (Å²) in [6.07, 6.45) is -4.62. The van der Waals surface area contributed by atoms with E-state index in [9.17, 15) is 13.2 Å². The lowest BCUT2D eigenvalue weighted by molar-refractivity contribution is -0.144. The topological polar surface area (TPSA) is 25.8 Å². The fraction of sp³-hybridized carbons (Fsp3) is 0.111. The van der Waals surface area contributed by atoms with Gasteiger partial charge in [0, 0.05) is 14.3 Å². The maximum atomic E-state index is 12.5. The average Bonchev–Trinajstić information content (AvgIpc) is 2.17. The zero-order valence-corrected chi connectivity index (χ0v) is 11.7. The minimum atomic E-state index is -4.62. The first-order valence-corrected chi connectivity index (χ1v) is 6.15. The SMILES string of the molecule is FC(F)(F)c1nc(Cl)c2cc(Br)cc(Br)c2n1. The zero-order chi connectivity index (χ0) is 12.8. The van der Waals surface area contributed by atoms with Gasteiger partial charge in [-0.1, -0.05) is 27.5 Å². The van der Waals surface area contributed by atoms with Crippen molar-refractivity contribution in [3.05, 3.63) is 32.1 Å². The number of hydrogen-bond donors (Lipinski definition) is 0. The second kappa shape index (κ2) is 4.37. The quantitative estimate of drug-likeness (QED) is 0.603. The van der Waals surface area contributed by atoms with Gasteiger partial charge in [-0.25, -0.2) is 9.97 Å². The van der Waals surface area contributed by atoms with Crippen molar-refractivity contribution in [1.82, 2.24) is 9.97 Å². The highest BCUT2D eigenvalue weighted by atomic mass is 79.9. The van der Waals surface area contributed by atoms with E-state index in [-0.39, 0.29) is 10.7 Å². The molecule has 0 saturated carbocycles. The molecule has 1 aromatic carbocycles. The third-order valence-corrected chi connectivity index (χ3v) is 3.28. The monoisotopic (exact) mass is 388 g/mol. The van der Waals surface area contributed by atoms with Crippen LogP contribution in [0, 0.1) is 0 Å². The fourth-order valence-corrected chi connectivity index (χ4v) is 2.79. The van der Waals surface area contributed by atoms with E-state index in [0.717, 1.165) is 0 Å². The van der Waals surface area contributed by atoms with E-state index in [0.29, 0.717) is 14.3 Å². The van der Waals surface area contributed by atoms with Gasteiger partial charge in [-0.05, 0) is 28.1 Å². The molecular formula is C9H2Br2ClF3N2. The summed E-state index contributed by atoms with van der Waals surface area (Å²) in [5.41, 5.74) is 0.125. The second-order valence-corrected chi connectivity index (χ2v) is 5.25. The Bertz CT molecular complexity index is 601. The molecule has 0 aliphatic rings. The molecule has 0 fully saturated rings. The number of halogens is 6. The molecule has 0 aliphatic heterocycles. The fourth-order valence-electron chi connectivity index (χ4n) is 1.25. The van der Waals surface area contributed by atoms with Crippen LogP contribution in [0.3, 0.4) is 0 Å². The van der Waals surface area contributed by atoms with Gasteiger partial charge in [0.25, 0.3) is 0 Å². The van der Waals surface area contributed by atoms with E-state index < -0.39 is 12.0 Å².